The Morgan fingerprint density at radius 3 is 2.48 bits per heavy atom. The Morgan fingerprint density at radius 2 is 1.79 bits per heavy atom. The molecule has 7 heteroatoms. The molecule has 1 aliphatic heterocycles. The molecule has 1 aromatic heterocycles. The van der Waals surface area contributed by atoms with E-state index in [0.29, 0.717) is 23.0 Å². The number of carbonyl (C=O) groups is 1. The highest BCUT2D eigenvalue weighted by Crippen LogP contribution is 2.24. The van der Waals surface area contributed by atoms with Crippen LogP contribution in [0.5, 0.6) is 0 Å². The van der Waals surface area contributed by atoms with Gasteiger partial charge in [0.15, 0.2) is 0 Å². The smallest absolute Gasteiger partial charge is 0.260 e. The van der Waals surface area contributed by atoms with Crippen molar-refractivity contribution in [2.45, 2.75) is 13.5 Å². The van der Waals surface area contributed by atoms with Crippen molar-refractivity contribution in [2.24, 2.45) is 0 Å². The molecule has 1 fully saturated rings. The van der Waals surface area contributed by atoms with Crippen LogP contribution >= 0.6 is 11.6 Å². The predicted octanol–water partition coefficient (Wildman–Crippen LogP) is 3.98. The van der Waals surface area contributed by atoms with Gasteiger partial charge in [0.25, 0.3) is 5.91 Å². The Hall–Kier alpha value is -2.83. The monoisotopic (exact) mass is 410 g/mol. The Morgan fingerprint density at radius 1 is 1.10 bits per heavy atom. The molecular weight excluding hydrogens is 388 g/mol. The Kier molecular flexibility index (Phi) is 5.83. The SMILES string of the molecule is Cc1nn(Cc2ccccc2)c(Cl)c1C(=O)Nc1ccc(N2CCOCC2)cc1. The van der Waals surface area contributed by atoms with Crippen LogP contribution in [-0.4, -0.2) is 42.0 Å². The van der Waals surface area contributed by atoms with Crippen molar-refractivity contribution in [3.63, 3.8) is 0 Å². The first-order valence-corrected chi connectivity index (χ1v) is 10.0. The number of amides is 1. The summed E-state index contributed by atoms with van der Waals surface area (Å²) in [6.07, 6.45) is 0. The van der Waals surface area contributed by atoms with Gasteiger partial charge in [-0.15, -0.1) is 0 Å². The summed E-state index contributed by atoms with van der Waals surface area (Å²) in [7, 11) is 0. The molecule has 0 atom stereocenters. The van der Waals surface area contributed by atoms with Crippen LogP contribution in [0.15, 0.2) is 54.6 Å². The number of benzene rings is 2. The van der Waals surface area contributed by atoms with Gasteiger partial charge in [0.1, 0.15) is 5.15 Å². The van der Waals surface area contributed by atoms with E-state index in [1.807, 2.05) is 54.6 Å². The number of hydrogen-bond acceptors (Lipinski definition) is 4. The summed E-state index contributed by atoms with van der Waals surface area (Å²) in [6.45, 7) is 5.54. The topological polar surface area (TPSA) is 59.4 Å². The zero-order valence-electron chi connectivity index (χ0n) is 16.3. The van der Waals surface area contributed by atoms with Crippen molar-refractivity contribution >= 4 is 28.9 Å². The molecule has 3 aromatic rings. The minimum Gasteiger partial charge on any atom is -0.378 e. The number of ether oxygens (including phenoxy) is 1. The van der Waals surface area contributed by atoms with Gasteiger partial charge in [0.2, 0.25) is 0 Å². The van der Waals surface area contributed by atoms with Crippen LogP contribution < -0.4 is 10.2 Å². The van der Waals surface area contributed by atoms with E-state index in [1.54, 1.807) is 11.6 Å². The summed E-state index contributed by atoms with van der Waals surface area (Å²) < 4.78 is 7.04. The summed E-state index contributed by atoms with van der Waals surface area (Å²) in [6, 6.07) is 17.7. The lowest BCUT2D eigenvalue weighted by atomic mass is 10.2. The van der Waals surface area contributed by atoms with Gasteiger partial charge in [-0.3, -0.25) is 4.79 Å². The van der Waals surface area contributed by atoms with Crippen molar-refractivity contribution in [3.05, 3.63) is 76.6 Å². The largest absolute Gasteiger partial charge is 0.378 e. The molecule has 2 heterocycles. The number of carbonyl (C=O) groups excluding carboxylic acids is 1. The molecule has 0 spiro atoms. The van der Waals surface area contributed by atoms with Crippen LogP contribution in [0.25, 0.3) is 0 Å². The van der Waals surface area contributed by atoms with Crippen LogP contribution in [0.1, 0.15) is 21.6 Å². The van der Waals surface area contributed by atoms with Crippen LogP contribution in [0, 0.1) is 6.92 Å². The Bertz CT molecular complexity index is 980. The standard InChI is InChI=1S/C22H23ClN4O2/c1-16-20(21(23)27(25-16)15-17-5-3-2-4-6-17)22(28)24-18-7-9-19(10-8-18)26-11-13-29-14-12-26/h2-10H,11-15H2,1H3,(H,24,28). The zero-order valence-corrected chi connectivity index (χ0v) is 17.0. The average Bonchev–Trinajstić information content (AvgIpc) is 3.03. The van der Waals surface area contributed by atoms with E-state index in [0.717, 1.165) is 43.2 Å². The lowest BCUT2D eigenvalue weighted by Gasteiger charge is -2.28. The van der Waals surface area contributed by atoms with Crippen LogP contribution in [-0.2, 0) is 11.3 Å². The van der Waals surface area contributed by atoms with Gasteiger partial charge in [0, 0.05) is 24.5 Å². The van der Waals surface area contributed by atoms with Crippen molar-refractivity contribution in [1.82, 2.24) is 9.78 Å². The van der Waals surface area contributed by atoms with Crippen molar-refractivity contribution in [2.75, 3.05) is 36.5 Å². The molecule has 0 unspecified atom stereocenters. The number of rotatable bonds is 5. The molecule has 1 amide bonds. The number of anilines is 2. The first-order valence-electron chi connectivity index (χ1n) is 9.63. The van der Waals surface area contributed by atoms with Gasteiger partial charge in [-0.05, 0) is 36.8 Å². The molecule has 0 bridgehead atoms. The second-order valence-corrected chi connectivity index (χ2v) is 7.35. The predicted molar refractivity (Wildman–Crippen MR) is 115 cm³/mol. The number of hydrogen-bond donors (Lipinski definition) is 1. The maximum Gasteiger partial charge on any atom is 0.260 e. The number of morpholine rings is 1. The molecule has 2 aromatic carbocycles. The third kappa shape index (κ3) is 4.44. The molecule has 4 rings (SSSR count). The van der Waals surface area contributed by atoms with E-state index in [9.17, 15) is 4.79 Å². The normalized spacial score (nSPS) is 14.1. The number of halogens is 1. The highest BCUT2D eigenvalue weighted by molar-refractivity contribution is 6.33. The van der Waals surface area contributed by atoms with Gasteiger partial charge in [-0.25, -0.2) is 4.68 Å². The number of nitrogens with zero attached hydrogens (tertiary/aromatic N) is 3. The minimum absolute atomic E-state index is 0.258. The second-order valence-electron chi connectivity index (χ2n) is 6.99. The highest BCUT2D eigenvalue weighted by atomic mass is 35.5. The zero-order chi connectivity index (χ0) is 20.2. The third-order valence-corrected chi connectivity index (χ3v) is 5.35. The van der Waals surface area contributed by atoms with E-state index in [2.05, 4.69) is 15.3 Å². The quantitative estimate of drug-likeness (QED) is 0.691. The number of aromatic nitrogens is 2. The first kappa shape index (κ1) is 19.5. The van der Waals surface area contributed by atoms with Crippen molar-refractivity contribution < 1.29 is 9.53 Å². The lowest BCUT2D eigenvalue weighted by Crippen LogP contribution is -2.36. The molecular formula is C22H23ClN4O2. The molecule has 1 aliphatic rings. The molecule has 150 valence electrons. The lowest BCUT2D eigenvalue weighted by molar-refractivity contribution is 0.102. The van der Waals surface area contributed by atoms with Gasteiger partial charge in [0.05, 0.1) is 31.0 Å². The fraction of sp³-hybridized carbons (Fsp3) is 0.273. The van der Waals surface area contributed by atoms with Gasteiger partial charge < -0.3 is 15.0 Å². The molecule has 29 heavy (non-hydrogen) atoms. The van der Waals surface area contributed by atoms with Gasteiger partial charge in [-0.2, -0.15) is 5.10 Å². The maximum absolute atomic E-state index is 12.8. The molecule has 0 aliphatic carbocycles. The minimum atomic E-state index is -0.258. The van der Waals surface area contributed by atoms with Crippen LogP contribution in [0.4, 0.5) is 11.4 Å². The summed E-state index contributed by atoms with van der Waals surface area (Å²) >= 11 is 6.49. The molecule has 1 saturated heterocycles. The molecule has 6 nitrogen and oxygen atoms in total. The van der Waals surface area contributed by atoms with E-state index in [-0.39, 0.29) is 5.91 Å². The maximum atomic E-state index is 12.8. The Balaban J connectivity index is 1.47. The molecule has 0 radical (unpaired) electrons. The summed E-state index contributed by atoms with van der Waals surface area (Å²) in [4.78, 5) is 15.1. The highest BCUT2D eigenvalue weighted by Gasteiger charge is 2.21. The van der Waals surface area contributed by atoms with Crippen LogP contribution in [0.3, 0.4) is 0 Å². The fourth-order valence-electron chi connectivity index (χ4n) is 3.44. The molecule has 0 saturated carbocycles. The number of aryl methyl sites for hydroxylation is 1. The van der Waals surface area contributed by atoms with E-state index >= 15 is 0 Å². The van der Waals surface area contributed by atoms with E-state index in [1.165, 1.54) is 0 Å². The molecule has 1 N–H and O–H groups in total. The van der Waals surface area contributed by atoms with Crippen molar-refractivity contribution in [1.29, 1.82) is 0 Å². The van der Waals surface area contributed by atoms with Crippen LogP contribution in [0.2, 0.25) is 5.15 Å². The third-order valence-electron chi connectivity index (χ3n) is 4.97. The van der Waals surface area contributed by atoms with Crippen molar-refractivity contribution in [3.8, 4) is 0 Å². The first-order chi connectivity index (χ1) is 14.1. The summed E-state index contributed by atoms with van der Waals surface area (Å²) in [5.41, 5.74) is 3.92. The van der Waals surface area contributed by atoms with Gasteiger partial charge in [-0.1, -0.05) is 41.9 Å². The average molecular weight is 411 g/mol. The Labute approximate surface area is 175 Å². The van der Waals surface area contributed by atoms with Gasteiger partial charge >= 0.3 is 0 Å². The summed E-state index contributed by atoms with van der Waals surface area (Å²) in [5, 5.41) is 7.72. The van der Waals surface area contributed by atoms with E-state index in [4.69, 9.17) is 16.3 Å². The summed E-state index contributed by atoms with van der Waals surface area (Å²) in [5.74, 6) is -0.258. The van der Waals surface area contributed by atoms with E-state index < -0.39 is 0 Å². The number of nitrogens with one attached hydrogen (secondary N) is 1. The second kappa shape index (κ2) is 8.68. The fourth-order valence-corrected chi connectivity index (χ4v) is 3.76.